The Balaban J connectivity index is 1.40. The number of ether oxygens (including phenoxy) is 2. The van der Waals surface area contributed by atoms with E-state index in [-0.39, 0.29) is 6.10 Å². The fourth-order valence-electron chi connectivity index (χ4n) is 4.20. The van der Waals surface area contributed by atoms with Crippen LogP contribution in [0.3, 0.4) is 0 Å². The third kappa shape index (κ3) is 4.22. The molecular formula is C23H27N7O4S. The molecule has 1 atom stereocenters. The van der Waals surface area contributed by atoms with E-state index in [1.165, 1.54) is 11.8 Å². The van der Waals surface area contributed by atoms with Crippen LogP contribution in [0.5, 0.6) is 11.5 Å². The fraction of sp³-hybridized carbons (Fsp3) is 0.435. The molecule has 4 aromatic rings. The minimum atomic E-state index is -0.426. The Morgan fingerprint density at radius 2 is 1.94 bits per heavy atom. The quantitative estimate of drug-likeness (QED) is 0.369. The summed E-state index contributed by atoms with van der Waals surface area (Å²) >= 11 is 1.46. The monoisotopic (exact) mass is 497 g/mol. The molecule has 35 heavy (non-hydrogen) atoms. The summed E-state index contributed by atoms with van der Waals surface area (Å²) in [5.74, 6) is 3.21. The van der Waals surface area contributed by atoms with E-state index in [2.05, 4.69) is 22.1 Å². The van der Waals surface area contributed by atoms with Crippen molar-refractivity contribution >= 4 is 22.9 Å². The number of para-hydroxylation sites is 2. The first-order valence-corrected chi connectivity index (χ1v) is 12.6. The number of nitrogens with zero attached hydrogens (tertiary/aromatic N) is 6. The number of rotatable bonds is 8. The van der Waals surface area contributed by atoms with E-state index < -0.39 is 11.2 Å². The van der Waals surface area contributed by atoms with Gasteiger partial charge < -0.3 is 18.6 Å². The van der Waals surface area contributed by atoms with E-state index in [9.17, 15) is 9.59 Å². The van der Waals surface area contributed by atoms with Crippen molar-refractivity contribution in [2.75, 3.05) is 6.61 Å². The Kier molecular flexibility index (Phi) is 6.37. The van der Waals surface area contributed by atoms with Crippen molar-refractivity contribution in [1.29, 1.82) is 0 Å². The highest BCUT2D eigenvalue weighted by molar-refractivity contribution is 7.98. The maximum atomic E-state index is 12.6. The van der Waals surface area contributed by atoms with E-state index in [4.69, 9.17) is 14.5 Å². The number of fused-ring (bicyclic) bond motifs is 2. The fourth-order valence-corrected chi connectivity index (χ4v) is 5.06. The molecule has 0 spiro atoms. The maximum absolute atomic E-state index is 12.6. The number of hydrogen-bond donors (Lipinski definition) is 1. The van der Waals surface area contributed by atoms with Crippen molar-refractivity contribution in [2.24, 2.45) is 7.05 Å². The molecule has 0 unspecified atom stereocenters. The van der Waals surface area contributed by atoms with Crippen LogP contribution in [0.15, 0.2) is 39.0 Å². The van der Waals surface area contributed by atoms with E-state index in [1.807, 2.05) is 47.4 Å². The Morgan fingerprint density at radius 1 is 1.14 bits per heavy atom. The van der Waals surface area contributed by atoms with Crippen molar-refractivity contribution in [1.82, 2.24) is 33.9 Å². The van der Waals surface area contributed by atoms with Gasteiger partial charge in [0.25, 0.3) is 5.56 Å². The Morgan fingerprint density at radius 3 is 2.71 bits per heavy atom. The summed E-state index contributed by atoms with van der Waals surface area (Å²) in [6, 6.07) is 7.54. The number of imidazole rings is 1. The Hall–Kier alpha value is -3.54. The minimum absolute atomic E-state index is 0.345. The zero-order valence-corrected chi connectivity index (χ0v) is 20.7. The summed E-state index contributed by atoms with van der Waals surface area (Å²) in [4.78, 5) is 32.2. The third-order valence-corrected chi connectivity index (χ3v) is 7.03. The van der Waals surface area contributed by atoms with Gasteiger partial charge in [-0.2, -0.15) is 0 Å². The van der Waals surface area contributed by atoms with Crippen molar-refractivity contribution in [3.05, 3.63) is 56.8 Å². The molecule has 184 valence electrons. The van der Waals surface area contributed by atoms with E-state index in [0.29, 0.717) is 64.9 Å². The normalized spacial score (nSPS) is 15.1. The van der Waals surface area contributed by atoms with Crippen LogP contribution in [0, 0.1) is 0 Å². The van der Waals surface area contributed by atoms with Crippen LogP contribution >= 0.6 is 11.8 Å². The van der Waals surface area contributed by atoms with Crippen LogP contribution in [-0.4, -0.2) is 40.5 Å². The molecular weight excluding hydrogens is 470 g/mol. The number of H-pyrrole nitrogens is 1. The molecule has 12 heteroatoms. The highest BCUT2D eigenvalue weighted by Gasteiger charge is 2.28. The summed E-state index contributed by atoms with van der Waals surface area (Å²) in [7, 11) is 1.89. The number of unbranched alkanes of at least 4 members (excludes halogenated alkanes) is 1. The molecule has 1 N–H and O–H groups in total. The predicted molar refractivity (Wildman–Crippen MR) is 131 cm³/mol. The number of aromatic nitrogens is 7. The Bertz CT molecular complexity index is 1490. The predicted octanol–water partition coefficient (Wildman–Crippen LogP) is 2.64. The highest BCUT2D eigenvalue weighted by atomic mass is 32.2. The molecule has 0 radical (unpaired) electrons. The minimum Gasteiger partial charge on any atom is -0.485 e. The van der Waals surface area contributed by atoms with Crippen LogP contribution in [0.2, 0.25) is 0 Å². The topological polar surface area (TPSA) is 122 Å². The molecule has 5 rings (SSSR count). The lowest BCUT2D eigenvalue weighted by Gasteiger charge is -2.25. The van der Waals surface area contributed by atoms with Gasteiger partial charge in [0.05, 0.1) is 5.75 Å². The number of thioether (sulfide) groups is 1. The summed E-state index contributed by atoms with van der Waals surface area (Å²) < 4.78 is 17.2. The van der Waals surface area contributed by atoms with Gasteiger partial charge in [-0.05, 0) is 25.5 Å². The molecule has 0 saturated heterocycles. The number of aryl methyl sites for hydroxylation is 2. The van der Waals surface area contributed by atoms with Crippen molar-refractivity contribution in [3.63, 3.8) is 0 Å². The molecule has 11 nitrogen and oxygen atoms in total. The SMILES string of the molecule is CCCCn1c(=O)[nH]c(=O)c2c1nc(CSc1nnc([C@@H]3COc4ccccc4O3)n1C)n2CC. The zero-order valence-electron chi connectivity index (χ0n) is 19.9. The molecule has 1 aromatic carbocycles. The van der Waals surface area contributed by atoms with E-state index >= 15 is 0 Å². The van der Waals surface area contributed by atoms with Crippen LogP contribution in [0.1, 0.15) is 44.4 Å². The van der Waals surface area contributed by atoms with Gasteiger partial charge in [0, 0.05) is 20.1 Å². The second-order valence-corrected chi connectivity index (χ2v) is 9.20. The smallest absolute Gasteiger partial charge is 0.330 e. The van der Waals surface area contributed by atoms with Gasteiger partial charge in [0.2, 0.25) is 0 Å². The summed E-state index contributed by atoms with van der Waals surface area (Å²) in [5.41, 5.74) is 0.00254. The molecule has 3 aromatic heterocycles. The molecule has 0 amide bonds. The molecule has 0 fully saturated rings. The average molecular weight is 498 g/mol. The van der Waals surface area contributed by atoms with Crippen molar-refractivity contribution < 1.29 is 9.47 Å². The second-order valence-electron chi connectivity index (χ2n) is 8.26. The summed E-state index contributed by atoms with van der Waals surface area (Å²) in [6.07, 6.45) is 1.38. The van der Waals surface area contributed by atoms with E-state index in [0.717, 1.165) is 12.8 Å². The lowest BCUT2D eigenvalue weighted by atomic mass is 10.2. The first kappa shape index (κ1) is 23.2. The molecule has 0 bridgehead atoms. The summed E-state index contributed by atoms with van der Waals surface area (Å²) in [5, 5.41) is 9.37. The second kappa shape index (κ2) is 9.61. The number of hydrogen-bond acceptors (Lipinski definition) is 8. The van der Waals surface area contributed by atoms with Gasteiger partial charge in [-0.15, -0.1) is 10.2 Å². The molecule has 0 saturated carbocycles. The summed E-state index contributed by atoms with van der Waals surface area (Å²) in [6.45, 7) is 5.42. The lowest BCUT2D eigenvalue weighted by molar-refractivity contribution is 0.0825. The average Bonchev–Trinajstić information content (AvgIpc) is 3.42. The van der Waals surface area contributed by atoms with Crippen LogP contribution in [0.25, 0.3) is 11.2 Å². The van der Waals surface area contributed by atoms with Crippen LogP contribution < -0.4 is 20.7 Å². The maximum Gasteiger partial charge on any atom is 0.330 e. The van der Waals surface area contributed by atoms with E-state index in [1.54, 1.807) is 4.57 Å². The molecule has 0 aliphatic carbocycles. The lowest BCUT2D eigenvalue weighted by Crippen LogP contribution is -2.31. The van der Waals surface area contributed by atoms with Gasteiger partial charge in [-0.1, -0.05) is 37.2 Å². The van der Waals surface area contributed by atoms with Crippen molar-refractivity contribution in [3.8, 4) is 11.5 Å². The largest absolute Gasteiger partial charge is 0.485 e. The molecule has 1 aliphatic heterocycles. The Labute approximate surface area is 205 Å². The zero-order chi connectivity index (χ0) is 24.5. The highest BCUT2D eigenvalue weighted by Crippen LogP contribution is 2.36. The van der Waals surface area contributed by atoms with Crippen LogP contribution in [0.4, 0.5) is 0 Å². The van der Waals surface area contributed by atoms with Crippen molar-refractivity contribution in [2.45, 2.75) is 56.8 Å². The third-order valence-electron chi connectivity index (χ3n) is 6.01. The first-order valence-electron chi connectivity index (χ1n) is 11.6. The number of nitrogens with one attached hydrogen (secondary N) is 1. The standard InChI is InChI=1S/C23H27N7O4S/c1-4-6-11-30-20-18(21(31)25-22(30)32)29(5-2)17(24-20)13-35-23-27-26-19(28(23)3)16-12-33-14-9-7-8-10-15(14)34-16/h7-10,16H,4-6,11-13H2,1-3H3,(H,25,31,32)/t16-/m0/s1. The van der Waals surface area contributed by atoms with Gasteiger partial charge in [0.15, 0.2) is 39.7 Å². The van der Waals surface area contributed by atoms with Gasteiger partial charge >= 0.3 is 5.69 Å². The van der Waals surface area contributed by atoms with Gasteiger partial charge in [0.1, 0.15) is 12.4 Å². The molecule has 1 aliphatic rings. The van der Waals surface area contributed by atoms with Gasteiger partial charge in [-0.25, -0.2) is 9.78 Å². The number of aromatic amines is 1. The van der Waals surface area contributed by atoms with Gasteiger partial charge in [-0.3, -0.25) is 14.3 Å². The van der Waals surface area contributed by atoms with Crippen LogP contribution in [-0.2, 0) is 25.9 Å². The first-order chi connectivity index (χ1) is 17.0. The molecule has 4 heterocycles. The number of benzene rings is 1.